The standard InChI is InChI=1S/C21H23N5O5/c1-11-13(3-2-4-14(11)21(28)29)16-7-15(27)20(31-16)26-10-24-17-18(22-9-23-19(17)26)25-12-5-6-30-8-12/h2-4,9-10,12,15-16,20,27H,5-8H2,1H3,(H,28,29)(H,22,23,25)/t12-,15-,16+,20-/m1/s1. The van der Waals surface area contributed by atoms with Crippen molar-refractivity contribution in [3.8, 4) is 0 Å². The van der Waals surface area contributed by atoms with Crippen LogP contribution in [0.15, 0.2) is 30.9 Å². The van der Waals surface area contributed by atoms with Crippen molar-refractivity contribution in [1.82, 2.24) is 19.5 Å². The SMILES string of the molecule is Cc1c(C(=O)O)cccc1[C@@H]1C[C@@H](O)[C@H](n2cnc3c(N[C@@H]4CCOC4)ncnc32)O1. The van der Waals surface area contributed by atoms with E-state index in [1.807, 2.05) is 6.07 Å². The number of imidazole rings is 1. The molecule has 2 aromatic heterocycles. The molecule has 1 aromatic carbocycles. The molecule has 5 rings (SSSR count). The molecule has 4 atom stereocenters. The molecule has 2 saturated heterocycles. The lowest BCUT2D eigenvalue weighted by atomic mass is 9.96. The minimum atomic E-state index is -0.987. The van der Waals surface area contributed by atoms with Gasteiger partial charge in [-0.2, -0.15) is 0 Å². The van der Waals surface area contributed by atoms with Gasteiger partial charge in [0, 0.05) is 13.0 Å². The maximum Gasteiger partial charge on any atom is 0.335 e. The number of ether oxygens (including phenoxy) is 2. The third-order valence-electron chi connectivity index (χ3n) is 5.94. The third-order valence-corrected chi connectivity index (χ3v) is 5.94. The van der Waals surface area contributed by atoms with E-state index in [2.05, 4.69) is 20.3 Å². The van der Waals surface area contributed by atoms with E-state index in [9.17, 15) is 15.0 Å². The summed E-state index contributed by atoms with van der Waals surface area (Å²) >= 11 is 0. The van der Waals surface area contributed by atoms with Crippen molar-refractivity contribution >= 4 is 23.0 Å². The van der Waals surface area contributed by atoms with Crippen molar-refractivity contribution in [3.63, 3.8) is 0 Å². The third kappa shape index (κ3) is 3.52. The van der Waals surface area contributed by atoms with Gasteiger partial charge in [0.2, 0.25) is 0 Å². The molecule has 3 aromatic rings. The van der Waals surface area contributed by atoms with Gasteiger partial charge >= 0.3 is 5.97 Å². The van der Waals surface area contributed by atoms with E-state index in [0.717, 1.165) is 12.0 Å². The number of aliphatic hydroxyl groups is 1. The van der Waals surface area contributed by atoms with Crippen LogP contribution in [0.1, 0.15) is 46.7 Å². The van der Waals surface area contributed by atoms with Gasteiger partial charge in [-0.05, 0) is 30.5 Å². The van der Waals surface area contributed by atoms with E-state index in [1.54, 1.807) is 30.0 Å². The van der Waals surface area contributed by atoms with Gasteiger partial charge in [0.1, 0.15) is 12.4 Å². The smallest absolute Gasteiger partial charge is 0.335 e. The van der Waals surface area contributed by atoms with Gasteiger partial charge in [-0.15, -0.1) is 0 Å². The lowest BCUT2D eigenvalue weighted by Crippen LogP contribution is -2.21. The van der Waals surface area contributed by atoms with Crippen LogP contribution in [0.2, 0.25) is 0 Å². The average molecular weight is 425 g/mol. The summed E-state index contributed by atoms with van der Waals surface area (Å²) in [4.78, 5) is 24.6. The van der Waals surface area contributed by atoms with E-state index in [-0.39, 0.29) is 11.6 Å². The molecule has 0 amide bonds. The van der Waals surface area contributed by atoms with Crippen LogP contribution in [0.5, 0.6) is 0 Å². The van der Waals surface area contributed by atoms with Gasteiger partial charge in [0.25, 0.3) is 0 Å². The van der Waals surface area contributed by atoms with Crippen LogP contribution in [-0.4, -0.2) is 61.1 Å². The zero-order chi connectivity index (χ0) is 21.5. The molecule has 0 spiro atoms. The average Bonchev–Trinajstić information content (AvgIpc) is 3.48. The number of fused-ring (bicyclic) bond motifs is 1. The summed E-state index contributed by atoms with van der Waals surface area (Å²) in [5.41, 5.74) is 2.77. The van der Waals surface area contributed by atoms with Crippen molar-refractivity contribution in [3.05, 3.63) is 47.5 Å². The molecule has 2 aliphatic heterocycles. The number of nitrogens with one attached hydrogen (secondary N) is 1. The molecule has 4 heterocycles. The topological polar surface area (TPSA) is 132 Å². The first kappa shape index (κ1) is 19.9. The number of rotatable bonds is 5. The summed E-state index contributed by atoms with van der Waals surface area (Å²) in [5.74, 6) is -0.368. The van der Waals surface area contributed by atoms with Gasteiger partial charge in [0.05, 0.1) is 30.6 Å². The number of benzene rings is 1. The normalized spacial score (nSPS) is 25.9. The zero-order valence-corrected chi connectivity index (χ0v) is 16.9. The molecular weight excluding hydrogens is 402 g/mol. The second kappa shape index (κ2) is 7.88. The Hall–Kier alpha value is -3.08. The number of carbonyl (C=O) groups is 1. The maximum atomic E-state index is 11.5. The number of carboxylic acids is 1. The van der Waals surface area contributed by atoms with Gasteiger partial charge in [-0.25, -0.2) is 19.7 Å². The van der Waals surface area contributed by atoms with Gasteiger partial charge in [0.15, 0.2) is 23.2 Å². The minimum Gasteiger partial charge on any atom is -0.478 e. The Morgan fingerprint density at radius 1 is 1.29 bits per heavy atom. The number of aromatic nitrogens is 4. The Morgan fingerprint density at radius 2 is 2.16 bits per heavy atom. The maximum absolute atomic E-state index is 11.5. The Labute approximate surface area is 177 Å². The predicted molar refractivity (Wildman–Crippen MR) is 110 cm³/mol. The number of carboxylic acid groups (broad SMARTS) is 1. The first-order chi connectivity index (χ1) is 15.0. The van der Waals surface area contributed by atoms with Crippen LogP contribution in [0.4, 0.5) is 5.82 Å². The molecule has 3 N–H and O–H groups in total. The number of hydrogen-bond acceptors (Lipinski definition) is 8. The molecule has 162 valence electrons. The lowest BCUT2D eigenvalue weighted by molar-refractivity contribution is -0.0359. The van der Waals surface area contributed by atoms with Crippen molar-refractivity contribution in [2.45, 2.75) is 44.2 Å². The van der Waals surface area contributed by atoms with E-state index in [1.165, 1.54) is 6.33 Å². The van der Waals surface area contributed by atoms with Crippen molar-refractivity contribution in [2.75, 3.05) is 18.5 Å². The fraction of sp³-hybridized carbons (Fsp3) is 0.429. The molecule has 0 saturated carbocycles. The van der Waals surface area contributed by atoms with Crippen LogP contribution >= 0.6 is 0 Å². The first-order valence-electron chi connectivity index (χ1n) is 10.2. The number of nitrogens with zero attached hydrogens (tertiary/aromatic N) is 4. The van der Waals surface area contributed by atoms with Crippen molar-refractivity contribution in [1.29, 1.82) is 0 Å². The summed E-state index contributed by atoms with van der Waals surface area (Å²) in [5, 5.41) is 23.5. The highest BCUT2D eigenvalue weighted by Gasteiger charge is 2.38. The van der Waals surface area contributed by atoms with Crippen LogP contribution in [0.3, 0.4) is 0 Å². The Morgan fingerprint density at radius 3 is 2.94 bits per heavy atom. The number of aromatic carboxylic acids is 1. The van der Waals surface area contributed by atoms with Crippen LogP contribution in [-0.2, 0) is 9.47 Å². The monoisotopic (exact) mass is 425 g/mol. The Balaban J connectivity index is 1.43. The largest absolute Gasteiger partial charge is 0.478 e. The summed E-state index contributed by atoms with van der Waals surface area (Å²) < 4.78 is 13.3. The predicted octanol–water partition coefficient (Wildman–Crippen LogP) is 2.05. The lowest BCUT2D eigenvalue weighted by Gasteiger charge is -2.18. The number of aliphatic hydroxyl groups excluding tert-OH is 1. The quantitative estimate of drug-likeness (QED) is 0.562. The fourth-order valence-electron chi connectivity index (χ4n) is 4.32. The second-order valence-corrected chi connectivity index (χ2v) is 7.89. The summed E-state index contributed by atoms with van der Waals surface area (Å²) in [7, 11) is 0. The first-order valence-corrected chi connectivity index (χ1v) is 10.2. The molecule has 2 aliphatic rings. The highest BCUT2D eigenvalue weighted by atomic mass is 16.5. The van der Waals surface area contributed by atoms with Gasteiger partial charge in [-0.1, -0.05) is 12.1 Å². The van der Waals surface area contributed by atoms with Gasteiger partial charge in [-0.3, -0.25) is 4.57 Å². The molecule has 10 nitrogen and oxygen atoms in total. The van der Waals surface area contributed by atoms with Crippen LogP contribution in [0, 0.1) is 6.92 Å². The summed E-state index contributed by atoms with van der Waals surface area (Å²) in [6.07, 6.45) is 2.35. The fourth-order valence-corrected chi connectivity index (χ4v) is 4.32. The number of anilines is 1. The van der Waals surface area contributed by atoms with E-state index < -0.39 is 24.4 Å². The molecule has 31 heavy (non-hydrogen) atoms. The van der Waals surface area contributed by atoms with Gasteiger partial charge < -0.3 is 25.0 Å². The van der Waals surface area contributed by atoms with Crippen molar-refractivity contribution < 1.29 is 24.5 Å². The van der Waals surface area contributed by atoms with E-state index >= 15 is 0 Å². The molecule has 0 unspecified atom stereocenters. The summed E-state index contributed by atoms with van der Waals surface area (Å²) in [6.45, 7) is 3.09. The molecular formula is C21H23N5O5. The molecule has 10 heteroatoms. The highest BCUT2D eigenvalue weighted by molar-refractivity contribution is 5.89. The Bertz CT molecular complexity index is 1130. The number of hydrogen-bond donors (Lipinski definition) is 3. The minimum absolute atomic E-state index is 0.172. The van der Waals surface area contributed by atoms with E-state index in [4.69, 9.17) is 9.47 Å². The second-order valence-electron chi connectivity index (χ2n) is 7.89. The molecule has 0 bridgehead atoms. The van der Waals surface area contributed by atoms with Crippen LogP contribution in [0.25, 0.3) is 11.2 Å². The van der Waals surface area contributed by atoms with Crippen molar-refractivity contribution in [2.24, 2.45) is 0 Å². The highest BCUT2D eigenvalue weighted by Crippen LogP contribution is 2.41. The molecule has 2 fully saturated rings. The molecule has 0 aliphatic carbocycles. The Kier molecular flexibility index (Phi) is 5.05. The summed E-state index contributed by atoms with van der Waals surface area (Å²) in [6, 6.07) is 5.26. The zero-order valence-electron chi connectivity index (χ0n) is 16.9. The molecule has 0 radical (unpaired) electrons. The van der Waals surface area contributed by atoms with Crippen LogP contribution < -0.4 is 5.32 Å². The van der Waals surface area contributed by atoms with E-state index in [0.29, 0.717) is 42.2 Å².